The van der Waals surface area contributed by atoms with E-state index in [2.05, 4.69) is 24.7 Å². The Morgan fingerprint density at radius 2 is 1.21 bits per heavy atom. The van der Waals surface area contributed by atoms with Crippen molar-refractivity contribution in [1.82, 2.24) is 9.97 Å². The van der Waals surface area contributed by atoms with E-state index < -0.39 is 26.0 Å². The number of anilines is 3. The molecule has 0 aliphatic carbocycles. The summed E-state index contributed by atoms with van der Waals surface area (Å²) < 4.78 is 55.8. The number of hydrogen-bond acceptors (Lipinski definition) is 7. The van der Waals surface area contributed by atoms with Gasteiger partial charge in [0.05, 0.1) is 15.5 Å². The Kier molecular flexibility index (Phi) is 7.70. The van der Waals surface area contributed by atoms with Gasteiger partial charge in [0.1, 0.15) is 0 Å². The summed E-state index contributed by atoms with van der Waals surface area (Å²) in [4.78, 5) is 21.1. The predicted molar refractivity (Wildman–Crippen MR) is 150 cm³/mol. The quantitative estimate of drug-likeness (QED) is 0.284. The van der Waals surface area contributed by atoms with Gasteiger partial charge in [0.25, 0.3) is 26.0 Å². The Hall–Kier alpha value is -4.29. The van der Waals surface area contributed by atoms with Crippen molar-refractivity contribution < 1.29 is 21.6 Å². The highest BCUT2D eigenvalue weighted by Crippen LogP contribution is 2.23. The Balaban J connectivity index is 1.44. The van der Waals surface area contributed by atoms with Crippen LogP contribution < -0.4 is 14.8 Å². The number of nitrogens with one attached hydrogen (secondary N) is 3. The fourth-order valence-corrected chi connectivity index (χ4v) is 5.79. The van der Waals surface area contributed by atoms with Crippen molar-refractivity contribution in [3.8, 4) is 0 Å². The fraction of sp³-hybridized carbons (Fsp3) is 0.148. The molecule has 3 aromatic carbocycles. The molecule has 0 aliphatic rings. The maximum absolute atomic E-state index is 12.8. The topological polar surface area (TPSA) is 147 Å². The molecule has 0 unspecified atom stereocenters. The summed E-state index contributed by atoms with van der Waals surface area (Å²) in [5.74, 6) is -0.465. The molecule has 0 radical (unpaired) electrons. The van der Waals surface area contributed by atoms with Crippen molar-refractivity contribution in [2.75, 3.05) is 14.8 Å². The molecule has 39 heavy (non-hydrogen) atoms. The molecule has 4 rings (SSSR count). The van der Waals surface area contributed by atoms with Crippen LogP contribution in [0, 0.1) is 27.7 Å². The molecule has 202 valence electrons. The first-order valence-corrected chi connectivity index (χ1v) is 14.8. The minimum atomic E-state index is -3.94. The highest BCUT2D eigenvalue weighted by Gasteiger charge is 2.18. The number of aromatic nitrogens is 2. The van der Waals surface area contributed by atoms with E-state index in [4.69, 9.17) is 0 Å². The number of benzene rings is 3. The first-order chi connectivity index (χ1) is 18.3. The SMILES string of the molecule is Cc1ccc(S(=O)(=O)Nc2ccc(C(=O)Nc3ccc(S(=O)(=O)Nc4nc(C)cc(C)n4)cc3)cc2C)cc1. The van der Waals surface area contributed by atoms with Gasteiger partial charge in [-0.05, 0) is 93.9 Å². The third-order valence-corrected chi connectivity index (χ3v) is 8.42. The zero-order chi connectivity index (χ0) is 28.4. The lowest BCUT2D eigenvalue weighted by atomic mass is 10.1. The van der Waals surface area contributed by atoms with E-state index in [1.807, 2.05) is 6.92 Å². The number of aryl methyl sites for hydroxylation is 4. The Labute approximate surface area is 227 Å². The summed E-state index contributed by atoms with van der Waals surface area (Å²) in [6.07, 6.45) is 0. The second-order valence-electron chi connectivity index (χ2n) is 9.01. The molecule has 10 nitrogen and oxygen atoms in total. The summed E-state index contributed by atoms with van der Waals surface area (Å²) >= 11 is 0. The summed E-state index contributed by atoms with van der Waals surface area (Å²) in [5, 5.41) is 2.71. The molecular formula is C27H27N5O5S2. The Bertz CT molecular complexity index is 1730. The molecule has 0 fully saturated rings. The number of hydrogen-bond donors (Lipinski definition) is 3. The first-order valence-electron chi connectivity index (χ1n) is 11.8. The highest BCUT2D eigenvalue weighted by molar-refractivity contribution is 7.93. The van der Waals surface area contributed by atoms with E-state index in [-0.39, 0.29) is 15.7 Å². The average molecular weight is 566 g/mol. The molecule has 0 bridgehead atoms. The van der Waals surface area contributed by atoms with Crippen molar-refractivity contribution >= 4 is 43.3 Å². The van der Waals surface area contributed by atoms with Gasteiger partial charge in [-0.1, -0.05) is 17.7 Å². The van der Waals surface area contributed by atoms with E-state index in [1.165, 1.54) is 48.5 Å². The standard InChI is InChI=1S/C27H27N5O5S2/c1-17-5-10-23(11-6-17)38(34,35)31-25-14-7-21(15-18(25)2)26(33)30-22-8-12-24(13-9-22)39(36,37)32-27-28-19(3)16-20(4)29-27/h5-16,31H,1-4H3,(H,30,33)(H,28,29,32). The van der Waals surface area contributed by atoms with E-state index >= 15 is 0 Å². The number of amides is 1. The molecule has 4 aromatic rings. The Morgan fingerprint density at radius 3 is 1.77 bits per heavy atom. The number of nitrogens with zero attached hydrogens (tertiary/aromatic N) is 2. The van der Waals surface area contributed by atoms with Gasteiger partial charge in [-0.15, -0.1) is 0 Å². The number of sulfonamides is 2. The van der Waals surface area contributed by atoms with Gasteiger partial charge in [0.2, 0.25) is 5.95 Å². The molecule has 1 heterocycles. The highest BCUT2D eigenvalue weighted by atomic mass is 32.2. The van der Waals surface area contributed by atoms with E-state index in [0.29, 0.717) is 33.9 Å². The number of carbonyl (C=O) groups excluding carboxylic acids is 1. The molecule has 0 atom stereocenters. The lowest BCUT2D eigenvalue weighted by molar-refractivity contribution is 0.102. The number of carbonyl (C=O) groups is 1. The molecule has 1 amide bonds. The summed E-state index contributed by atoms with van der Waals surface area (Å²) in [5.41, 5.74) is 3.79. The van der Waals surface area contributed by atoms with Gasteiger partial charge in [-0.25, -0.2) is 31.5 Å². The molecule has 0 spiro atoms. The summed E-state index contributed by atoms with van der Waals surface area (Å²) in [6, 6.07) is 18.4. The van der Waals surface area contributed by atoms with Gasteiger partial charge >= 0.3 is 0 Å². The lowest BCUT2D eigenvalue weighted by Crippen LogP contribution is -2.16. The van der Waals surface area contributed by atoms with Crippen LogP contribution in [0.25, 0.3) is 0 Å². The minimum absolute atomic E-state index is 0.0233. The van der Waals surface area contributed by atoms with Crippen LogP contribution in [0.1, 0.15) is 32.9 Å². The third kappa shape index (κ3) is 6.78. The molecule has 12 heteroatoms. The summed E-state index contributed by atoms with van der Waals surface area (Å²) in [6.45, 7) is 7.04. The van der Waals surface area contributed by atoms with Gasteiger partial charge in [-0.3, -0.25) is 9.52 Å². The average Bonchev–Trinajstić information content (AvgIpc) is 2.85. The fourth-order valence-electron chi connectivity index (χ4n) is 3.71. The monoisotopic (exact) mass is 565 g/mol. The maximum atomic E-state index is 12.8. The van der Waals surface area contributed by atoms with Gasteiger partial charge in [0.15, 0.2) is 0 Å². The second kappa shape index (κ2) is 10.8. The molecular weight excluding hydrogens is 538 g/mol. The molecule has 0 aliphatic heterocycles. The van der Waals surface area contributed by atoms with Crippen molar-refractivity contribution in [2.24, 2.45) is 0 Å². The molecule has 0 saturated carbocycles. The van der Waals surface area contributed by atoms with Crippen LogP contribution in [-0.4, -0.2) is 32.7 Å². The minimum Gasteiger partial charge on any atom is -0.322 e. The van der Waals surface area contributed by atoms with Crippen LogP contribution in [0.15, 0.2) is 82.6 Å². The van der Waals surface area contributed by atoms with Crippen LogP contribution in [0.5, 0.6) is 0 Å². The third-order valence-electron chi connectivity index (χ3n) is 5.69. The van der Waals surface area contributed by atoms with Gasteiger partial charge < -0.3 is 5.32 Å². The summed E-state index contributed by atoms with van der Waals surface area (Å²) in [7, 11) is -7.72. The second-order valence-corrected chi connectivity index (χ2v) is 12.4. The van der Waals surface area contributed by atoms with Crippen molar-refractivity contribution in [2.45, 2.75) is 37.5 Å². The van der Waals surface area contributed by atoms with Gasteiger partial charge in [-0.2, -0.15) is 0 Å². The molecule has 0 saturated heterocycles. The zero-order valence-electron chi connectivity index (χ0n) is 21.7. The molecule has 1 aromatic heterocycles. The zero-order valence-corrected chi connectivity index (χ0v) is 23.3. The van der Waals surface area contributed by atoms with Crippen LogP contribution in [0.3, 0.4) is 0 Å². The van der Waals surface area contributed by atoms with Crippen LogP contribution in [0.4, 0.5) is 17.3 Å². The van der Waals surface area contributed by atoms with Crippen LogP contribution >= 0.6 is 0 Å². The van der Waals surface area contributed by atoms with E-state index in [1.54, 1.807) is 45.0 Å². The van der Waals surface area contributed by atoms with Crippen molar-refractivity contribution in [3.05, 3.63) is 101 Å². The number of rotatable bonds is 8. The van der Waals surface area contributed by atoms with E-state index in [0.717, 1.165) is 5.56 Å². The van der Waals surface area contributed by atoms with Crippen molar-refractivity contribution in [3.63, 3.8) is 0 Å². The van der Waals surface area contributed by atoms with E-state index in [9.17, 15) is 21.6 Å². The lowest BCUT2D eigenvalue weighted by Gasteiger charge is -2.13. The molecule has 3 N–H and O–H groups in total. The van der Waals surface area contributed by atoms with Crippen LogP contribution in [-0.2, 0) is 20.0 Å². The normalized spacial score (nSPS) is 11.6. The first kappa shape index (κ1) is 27.7. The maximum Gasteiger partial charge on any atom is 0.264 e. The van der Waals surface area contributed by atoms with Gasteiger partial charge in [0, 0.05) is 22.6 Å². The van der Waals surface area contributed by atoms with Crippen LogP contribution in [0.2, 0.25) is 0 Å². The smallest absolute Gasteiger partial charge is 0.264 e. The predicted octanol–water partition coefficient (Wildman–Crippen LogP) is 4.56. The Morgan fingerprint density at radius 1 is 0.667 bits per heavy atom. The van der Waals surface area contributed by atoms with Crippen molar-refractivity contribution in [1.29, 1.82) is 0 Å². The largest absolute Gasteiger partial charge is 0.322 e.